The van der Waals surface area contributed by atoms with Crippen LogP contribution in [0.2, 0.25) is 0 Å². The van der Waals surface area contributed by atoms with Crippen molar-refractivity contribution in [2.24, 2.45) is 0 Å². The first kappa shape index (κ1) is 37.5. The molecule has 0 radical (unpaired) electrons. The molecule has 0 spiro atoms. The molecule has 9 heteroatoms. The maximum Gasteiger partial charge on any atom is 0.0640 e. The first-order valence-electron chi connectivity index (χ1n) is 16.6. The summed E-state index contributed by atoms with van der Waals surface area (Å²) in [6.45, 7) is 9.57. The zero-order valence-corrected chi connectivity index (χ0v) is 28.8. The fourth-order valence-corrected chi connectivity index (χ4v) is 6.26. The summed E-state index contributed by atoms with van der Waals surface area (Å²) in [5.41, 5.74) is 9.57. The number of rotatable bonds is 18. The van der Waals surface area contributed by atoms with Crippen LogP contribution in [0, 0.1) is 88.8 Å². The summed E-state index contributed by atoms with van der Waals surface area (Å²) < 4.78 is 0. The fourth-order valence-electron chi connectivity index (χ4n) is 6.26. The van der Waals surface area contributed by atoms with Crippen LogP contribution in [0.25, 0.3) is 0 Å². The summed E-state index contributed by atoms with van der Waals surface area (Å²) >= 11 is 0. The Bertz CT molecular complexity index is 1550. The highest BCUT2D eigenvalue weighted by Gasteiger charge is 2.24. The van der Waals surface area contributed by atoms with Gasteiger partial charge in [-0.3, -0.25) is 0 Å². The van der Waals surface area contributed by atoms with E-state index in [0.29, 0.717) is 77.8 Å². The molecular weight excluding hydrogens is 607 g/mol. The van der Waals surface area contributed by atoms with E-state index in [4.69, 9.17) is 0 Å². The van der Waals surface area contributed by atoms with Crippen molar-refractivity contribution in [2.75, 3.05) is 54.0 Å². The molecule has 0 amide bonds. The molecule has 0 N–H and O–H groups in total. The largest absolute Gasteiger partial charge is 0.369 e. The first-order chi connectivity index (χ1) is 23.8. The van der Waals surface area contributed by atoms with Gasteiger partial charge in [-0.15, -0.1) is 0 Å². The predicted molar refractivity (Wildman–Crippen MR) is 193 cm³/mol. The van der Waals surface area contributed by atoms with E-state index in [0.717, 1.165) is 50.4 Å². The molecule has 0 fully saturated rings. The Balaban J connectivity index is 2.18. The number of nitriles is 6. The van der Waals surface area contributed by atoms with Crippen LogP contribution in [0.15, 0.2) is 54.6 Å². The van der Waals surface area contributed by atoms with Crippen LogP contribution in [-0.2, 0) is 0 Å². The maximum atomic E-state index is 9.24. The van der Waals surface area contributed by atoms with Crippen LogP contribution in [0.1, 0.15) is 77.8 Å². The Hall–Kier alpha value is -6.00. The third-order valence-electron chi connectivity index (χ3n) is 8.75. The smallest absolute Gasteiger partial charge is 0.0640 e. The van der Waals surface area contributed by atoms with Crippen LogP contribution >= 0.6 is 0 Å². The van der Waals surface area contributed by atoms with Gasteiger partial charge in [0, 0.05) is 62.2 Å². The molecule has 0 unspecified atom stereocenters. The van der Waals surface area contributed by atoms with Crippen molar-refractivity contribution in [2.45, 2.75) is 65.2 Å². The zero-order valence-electron chi connectivity index (χ0n) is 28.8. The number of aryl methyl sites for hydroxylation is 3. The van der Waals surface area contributed by atoms with E-state index in [-0.39, 0.29) is 5.92 Å². The number of anilines is 3. The summed E-state index contributed by atoms with van der Waals surface area (Å²) in [5.74, 6) is -0.123. The molecule has 248 valence electrons. The molecular formula is C40H43N9. The third-order valence-corrected chi connectivity index (χ3v) is 8.75. The van der Waals surface area contributed by atoms with Crippen LogP contribution in [0.3, 0.4) is 0 Å². The molecule has 0 atom stereocenters. The molecule has 0 aromatic heterocycles. The van der Waals surface area contributed by atoms with E-state index < -0.39 is 0 Å². The Morgan fingerprint density at radius 3 is 0.816 bits per heavy atom. The van der Waals surface area contributed by atoms with Crippen molar-refractivity contribution in [3.05, 3.63) is 88.0 Å². The number of benzene rings is 3. The van der Waals surface area contributed by atoms with Gasteiger partial charge in [0.2, 0.25) is 0 Å². The van der Waals surface area contributed by atoms with Crippen molar-refractivity contribution in [3.63, 3.8) is 0 Å². The second kappa shape index (κ2) is 19.6. The average Bonchev–Trinajstić information content (AvgIpc) is 3.10. The van der Waals surface area contributed by atoms with Crippen molar-refractivity contribution < 1.29 is 0 Å². The van der Waals surface area contributed by atoms with E-state index in [2.05, 4.69) is 126 Å². The third kappa shape index (κ3) is 10.2. The van der Waals surface area contributed by atoms with Crippen molar-refractivity contribution in [1.29, 1.82) is 31.6 Å². The highest BCUT2D eigenvalue weighted by Crippen LogP contribution is 2.40. The van der Waals surface area contributed by atoms with Gasteiger partial charge in [-0.2, -0.15) is 31.6 Å². The Morgan fingerprint density at radius 1 is 0.408 bits per heavy atom. The standard InChI is InChI=1S/C40H43N9/c1-31-28-34(47(22-4-16-41)23-5-17-42)10-13-37(31)40(38-14-11-35(29-32(38)2)48(24-6-18-43)25-7-19-44)39-15-12-36(30-33(39)3)49(26-8-20-45)27-9-21-46/h10-15,28-30,40H,4-9,22-27H2,1-3H3. The van der Waals surface area contributed by atoms with Crippen LogP contribution in [-0.4, -0.2) is 39.3 Å². The normalized spacial score (nSPS) is 10.2. The molecule has 9 nitrogen and oxygen atoms in total. The highest BCUT2D eigenvalue weighted by molar-refractivity contribution is 5.61. The number of hydrogen-bond acceptors (Lipinski definition) is 9. The minimum Gasteiger partial charge on any atom is -0.369 e. The quantitative estimate of drug-likeness (QED) is 0.126. The summed E-state index contributed by atoms with van der Waals surface area (Å²) in [7, 11) is 0. The van der Waals surface area contributed by atoms with Crippen LogP contribution in [0.5, 0.6) is 0 Å². The summed E-state index contributed by atoms with van der Waals surface area (Å²) in [5, 5.41) is 55.4. The Labute approximate surface area is 291 Å². The highest BCUT2D eigenvalue weighted by atomic mass is 15.1. The lowest BCUT2D eigenvalue weighted by molar-refractivity contribution is 0.792. The number of nitrogens with zero attached hydrogens (tertiary/aromatic N) is 9. The summed E-state index contributed by atoms with van der Waals surface area (Å²) in [6, 6.07) is 32.4. The Morgan fingerprint density at radius 2 is 0.633 bits per heavy atom. The first-order valence-corrected chi connectivity index (χ1v) is 16.6. The van der Waals surface area contributed by atoms with Crippen molar-refractivity contribution in [3.8, 4) is 36.4 Å². The molecule has 0 heterocycles. The summed E-state index contributed by atoms with van der Waals surface area (Å²) in [6.07, 6.45) is 2.20. The van der Waals surface area contributed by atoms with Gasteiger partial charge in [0.05, 0.1) is 74.9 Å². The van der Waals surface area contributed by atoms with E-state index >= 15 is 0 Å². The molecule has 3 aromatic rings. The fraction of sp³-hybridized carbons (Fsp3) is 0.400. The molecule has 0 aliphatic rings. The van der Waals surface area contributed by atoms with E-state index in [1.165, 1.54) is 0 Å². The minimum absolute atomic E-state index is 0.123. The van der Waals surface area contributed by atoms with Gasteiger partial charge in [0.25, 0.3) is 0 Å². The van der Waals surface area contributed by atoms with Gasteiger partial charge in [0.1, 0.15) is 0 Å². The molecule has 3 rings (SSSR count). The van der Waals surface area contributed by atoms with Gasteiger partial charge in [-0.05, 0) is 90.6 Å². The van der Waals surface area contributed by atoms with E-state index in [1.807, 2.05) is 0 Å². The van der Waals surface area contributed by atoms with E-state index in [9.17, 15) is 31.6 Å². The topological polar surface area (TPSA) is 152 Å². The van der Waals surface area contributed by atoms with Gasteiger partial charge in [-0.25, -0.2) is 0 Å². The molecule has 0 saturated heterocycles. The van der Waals surface area contributed by atoms with Crippen LogP contribution in [0.4, 0.5) is 17.1 Å². The second-order valence-electron chi connectivity index (χ2n) is 12.0. The van der Waals surface area contributed by atoms with Gasteiger partial charge < -0.3 is 14.7 Å². The SMILES string of the molecule is Cc1cc(N(CCC#N)CCC#N)ccc1C(c1ccc(N(CCC#N)CCC#N)cc1C)c1ccc(N(CCC#N)CCC#N)cc1C. The summed E-state index contributed by atoms with van der Waals surface area (Å²) in [4.78, 5) is 6.27. The second-order valence-corrected chi connectivity index (χ2v) is 12.0. The molecule has 0 aliphatic heterocycles. The molecule has 0 bridgehead atoms. The number of hydrogen-bond donors (Lipinski definition) is 0. The lowest BCUT2D eigenvalue weighted by atomic mass is 9.79. The molecule has 49 heavy (non-hydrogen) atoms. The average molecular weight is 650 g/mol. The van der Waals surface area contributed by atoms with Gasteiger partial charge in [0.15, 0.2) is 0 Å². The van der Waals surface area contributed by atoms with Crippen LogP contribution < -0.4 is 14.7 Å². The molecule has 3 aromatic carbocycles. The van der Waals surface area contributed by atoms with Crippen molar-refractivity contribution in [1.82, 2.24) is 0 Å². The minimum atomic E-state index is -0.123. The lowest BCUT2D eigenvalue weighted by Crippen LogP contribution is -2.26. The Kier molecular flexibility index (Phi) is 15.0. The molecule has 0 aliphatic carbocycles. The zero-order chi connectivity index (χ0) is 35.6. The van der Waals surface area contributed by atoms with Gasteiger partial charge >= 0.3 is 0 Å². The van der Waals surface area contributed by atoms with Crippen molar-refractivity contribution >= 4 is 17.1 Å². The maximum absolute atomic E-state index is 9.24. The van der Waals surface area contributed by atoms with Gasteiger partial charge in [-0.1, -0.05) is 18.2 Å². The van der Waals surface area contributed by atoms with E-state index in [1.54, 1.807) is 0 Å². The predicted octanol–water partition coefficient (Wildman–Crippen LogP) is 7.69. The monoisotopic (exact) mass is 649 g/mol. The lowest BCUT2D eigenvalue weighted by Gasteiger charge is -2.29. The molecule has 0 saturated carbocycles.